The normalized spacial score (nSPS) is 11.8. The van der Waals surface area contributed by atoms with Crippen LogP contribution in [0.1, 0.15) is 31.7 Å². The predicted molar refractivity (Wildman–Crippen MR) is 77.7 cm³/mol. The Hall–Kier alpha value is -1.82. The van der Waals surface area contributed by atoms with Gasteiger partial charge in [-0.3, -0.25) is 0 Å². The van der Waals surface area contributed by atoms with E-state index in [1.54, 1.807) is 0 Å². The SMILES string of the molecule is CCCCC(NC(=O)NCc1ccc(F)c(Cl)c1)C(=O)O. The summed E-state index contributed by atoms with van der Waals surface area (Å²) < 4.78 is 13.0. The molecule has 0 spiro atoms. The number of hydrogen-bond acceptors (Lipinski definition) is 2. The van der Waals surface area contributed by atoms with Crippen molar-refractivity contribution >= 4 is 23.6 Å². The van der Waals surface area contributed by atoms with Crippen molar-refractivity contribution in [1.29, 1.82) is 0 Å². The highest BCUT2D eigenvalue weighted by Crippen LogP contribution is 2.15. The average molecular weight is 317 g/mol. The van der Waals surface area contributed by atoms with Gasteiger partial charge in [0.05, 0.1) is 5.02 Å². The number of carbonyl (C=O) groups excluding carboxylic acids is 1. The van der Waals surface area contributed by atoms with Gasteiger partial charge < -0.3 is 15.7 Å². The maximum atomic E-state index is 13.0. The first-order chi connectivity index (χ1) is 9.93. The van der Waals surface area contributed by atoms with Crippen LogP contribution in [-0.4, -0.2) is 23.1 Å². The Bertz CT molecular complexity index is 511. The molecule has 1 atom stereocenters. The number of nitrogens with one attached hydrogen (secondary N) is 2. The van der Waals surface area contributed by atoms with Crippen LogP contribution in [0.2, 0.25) is 5.02 Å². The minimum Gasteiger partial charge on any atom is -0.480 e. The Morgan fingerprint density at radius 3 is 2.71 bits per heavy atom. The van der Waals surface area contributed by atoms with Crippen LogP contribution in [0.3, 0.4) is 0 Å². The number of hydrogen-bond donors (Lipinski definition) is 3. The maximum absolute atomic E-state index is 13.0. The molecule has 1 rings (SSSR count). The molecule has 2 amide bonds. The van der Waals surface area contributed by atoms with Gasteiger partial charge in [0.2, 0.25) is 0 Å². The highest BCUT2D eigenvalue weighted by Gasteiger charge is 2.18. The summed E-state index contributed by atoms with van der Waals surface area (Å²) in [5.74, 6) is -1.60. The summed E-state index contributed by atoms with van der Waals surface area (Å²) in [5, 5.41) is 13.9. The smallest absolute Gasteiger partial charge is 0.326 e. The van der Waals surface area contributed by atoms with E-state index in [1.165, 1.54) is 18.2 Å². The molecule has 1 unspecified atom stereocenters. The Balaban J connectivity index is 2.48. The summed E-state index contributed by atoms with van der Waals surface area (Å²) in [6.07, 6.45) is 1.94. The lowest BCUT2D eigenvalue weighted by molar-refractivity contribution is -0.139. The third kappa shape index (κ3) is 5.99. The summed E-state index contributed by atoms with van der Waals surface area (Å²) >= 11 is 5.63. The largest absolute Gasteiger partial charge is 0.480 e. The molecule has 21 heavy (non-hydrogen) atoms. The molecule has 0 aliphatic rings. The van der Waals surface area contributed by atoms with Gasteiger partial charge in [-0.1, -0.05) is 37.4 Å². The molecular weight excluding hydrogens is 299 g/mol. The molecule has 116 valence electrons. The Labute approximate surface area is 127 Å². The molecular formula is C14H18ClFN2O3. The number of rotatable bonds is 7. The van der Waals surface area contributed by atoms with E-state index >= 15 is 0 Å². The number of benzene rings is 1. The Morgan fingerprint density at radius 1 is 1.43 bits per heavy atom. The van der Waals surface area contributed by atoms with Gasteiger partial charge in [0.25, 0.3) is 0 Å². The van der Waals surface area contributed by atoms with E-state index in [0.717, 1.165) is 6.42 Å². The monoisotopic (exact) mass is 316 g/mol. The number of amides is 2. The molecule has 7 heteroatoms. The number of urea groups is 1. The molecule has 5 nitrogen and oxygen atoms in total. The number of carboxylic acids is 1. The van der Waals surface area contributed by atoms with E-state index < -0.39 is 23.9 Å². The second-order valence-corrected chi connectivity index (χ2v) is 5.02. The first-order valence-corrected chi connectivity index (χ1v) is 7.03. The van der Waals surface area contributed by atoms with Gasteiger partial charge in [-0.2, -0.15) is 0 Å². The second-order valence-electron chi connectivity index (χ2n) is 4.61. The fraction of sp³-hybridized carbons (Fsp3) is 0.429. The first kappa shape index (κ1) is 17.2. The summed E-state index contributed by atoms with van der Waals surface area (Å²) in [6, 6.07) is 2.61. The Morgan fingerprint density at radius 2 is 2.14 bits per heavy atom. The molecule has 1 aromatic rings. The van der Waals surface area contributed by atoms with Crippen LogP contribution < -0.4 is 10.6 Å². The lowest BCUT2D eigenvalue weighted by atomic mass is 10.1. The molecule has 0 saturated carbocycles. The average Bonchev–Trinajstić information content (AvgIpc) is 2.44. The highest BCUT2D eigenvalue weighted by molar-refractivity contribution is 6.30. The lowest BCUT2D eigenvalue weighted by Crippen LogP contribution is -2.45. The van der Waals surface area contributed by atoms with Gasteiger partial charge in [-0.25, -0.2) is 14.0 Å². The van der Waals surface area contributed by atoms with Crippen molar-refractivity contribution in [2.75, 3.05) is 0 Å². The molecule has 0 aromatic heterocycles. The van der Waals surface area contributed by atoms with Crippen molar-refractivity contribution in [1.82, 2.24) is 10.6 Å². The number of carbonyl (C=O) groups is 2. The van der Waals surface area contributed by atoms with Crippen LogP contribution in [0.25, 0.3) is 0 Å². The minimum absolute atomic E-state index is 0.0268. The van der Waals surface area contributed by atoms with Crippen LogP contribution in [0.15, 0.2) is 18.2 Å². The van der Waals surface area contributed by atoms with E-state index in [0.29, 0.717) is 18.4 Å². The van der Waals surface area contributed by atoms with Gasteiger partial charge in [-0.15, -0.1) is 0 Å². The number of carboxylic acid groups (broad SMARTS) is 1. The quantitative estimate of drug-likeness (QED) is 0.723. The predicted octanol–water partition coefficient (Wildman–Crippen LogP) is 2.92. The molecule has 0 heterocycles. The van der Waals surface area contributed by atoms with Crippen LogP contribution in [0.4, 0.5) is 9.18 Å². The van der Waals surface area contributed by atoms with Crippen LogP contribution in [-0.2, 0) is 11.3 Å². The Kier molecular flexibility index (Phi) is 6.94. The summed E-state index contributed by atoms with van der Waals surface area (Å²) in [5.41, 5.74) is 0.622. The van der Waals surface area contributed by atoms with Crippen LogP contribution in [0, 0.1) is 5.82 Å². The molecule has 0 bridgehead atoms. The van der Waals surface area contributed by atoms with Crippen molar-refractivity contribution in [2.45, 2.75) is 38.8 Å². The second kappa shape index (κ2) is 8.46. The first-order valence-electron chi connectivity index (χ1n) is 6.65. The molecule has 3 N–H and O–H groups in total. The zero-order valence-electron chi connectivity index (χ0n) is 11.7. The van der Waals surface area contributed by atoms with Crippen molar-refractivity contribution in [3.05, 3.63) is 34.6 Å². The molecule has 0 radical (unpaired) electrons. The molecule has 0 aliphatic carbocycles. The van der Waals surface area contributed by atoms with Crippen molar-refractivity contribution in [3.8, 4) is 0 Å². The van der Waals surface area contributed by atoms with Crippen LogP contribution in [0.5, 0.6) is 0 Å². The van der Waals surface area contributed by atoms with Crippen molar-refractivity contribution < 1.29 is 19.1 Å². The number of unbranched alkanes of at least 4 members (excludes halogenated alkanes) is 1. The summed E-state index contributed by atoms with van der Waals surface area (Å²) in [4.78, 5) is 22.6. The minimum atomic E-state index is -1.07. The third-order valence-electron chi connectivity index (χ3n) is 2.89. The standard InChI is InChI=1S/C14H18ClFN2O3/c1-2-3-4-12(13(19)20)18-14(21)17-8-9-5-6-11(16)10(15)7-9/h5-7,12H,2-4,8H2,1H3,(H,19,20)(H2,17,18,21). The van der Waals surface area contributed by atoms with Gasteiger partial charge in [0.15, 0.2) is 0 Å². The van der Waals surface area contributed by atoms with Crippen molar-refractivity contribution in [2.24, 2.45) is 0 Å². The van der Waals surface area contributed by atoms with E-state index in [4.69, 9.17) is 16.7 Å². The topological polar surface area (TPSA) is 78.4 Å². The zero-order valence-corrected chi connectivity index (χ0v) is 12.4. The van der Waals surface area contributed by atoms with Crippen molar-refractivity contribution in [3.63, 3.8) is 0 Å². The third-order valence-corrected chi connectivity index (χ3v) is 3.18. The van der Waals surface area contributed by atoms with E-state index in [1.807, 2.05) is 6.92 Å². The van der Waals surface area contributed by atoms with E-state index in [-0.39, 0.29) is 11.6 Å². The molecule has 0 aliphatic heterocycles. The van der Waals surface area contributed by atoms with Gasteiger partial charge in [0.1, 0.15) is 11.9 Å². The molecule has 0 fully saturated rings. The zero-order chi connectivity index (χ0) is 15.8. The molecule has 0 saturated heterocycles. The van der Waals surface area contributed by atoms with Gasteiger partial charge in [0, 0.05) is 6.54 Å². The number of halogens is 2. The van der Waals surface area contributed by atoms with E-state index in [9.17, 15) is 14.0 Å². The maximum Gasteiger partial charge on any atom is 0.326 e. The van der Waals surface area contributed by atoms with E-state index in [2.05, 4.69) is 10.6 Å². The summed E-state index contributed by atoms with van der Waals surface area (Å²) in [6.45, 7) is 2.07. The molecule has 1 aromatic carbocycles. The fourth-order valence-corrected chi connectivity index (χ4v) is 1.91. The fourth-order valence-electron chi connectivity index (χ4n) is 1.71. The highest BCUT2D eigenvalue weighted by atomic mass is 35.5. The summed E-state index contributed by atoms with van der Waals surface area (Å²) in [7, 11) is 0. The van der Waals surface area contributed by atoms with Crippen LogP contribution >= 0.6 is 11.6 Å². The number of aliphatic carboxylic acids is 1. The van der Waals surface area contributed by atoms with Gasteiger partial charge >= 0.3 is 12.0 Å². The lowest BCUT2D eigenvalue weighted by Gasteiger charge is -2.14. The van der Waals surface area contributed by atoms with Gasteiger partial charge in [-0.05, 0) is 24.1 Å².